The third-order valence-electron chi connectivity index (χ3n) is 2.46. The van der Waals surface area contributed by atoms with Gasteiger partial charge in [-0.15, -0.1) is 0 Å². The summed E-state index contributed by atoms with van der Waals surface area (Å²) in [6, 6.07) is 7.98. The van der Waals surface area contributed by atoms with Crippen molar-refractivity contribution in [3.8, 4) is 0 Å². The van der Waals surface area contributed by atoms with E-state index in [2.05, 4.69) is 10.1 Å². The van der Waals surface area contributed by atoms with E-state index in [0.29, 0.717) is 12.6 Å². The molecule has 0 aliphatic heterocycles. The van der Waals surface area contributed by atoms with Crippen LogP contribution >= 0.6 is 0 Å². The van der Waals surface area contributed by atoms with Crippen LogP contribution in [-0.2, 0) is 11.3 Å². The number of aryl methyl sites for hydroxylation is 1. The number of anilines is 1. The Morgan fingerprint density at radius 3 is 2.67 bits per heavy atom. The van der Waals surface area contributed by atoms with E-state index in [9.17, 15) is 0 Å². The van der Waals surface area contributed by atoms with E-state index >= 15 is 0 Å². The highest BCUT2D eigenvalue weighted by Gasteiger charge is 1.98. The molecule has 0 aliphatic carbocycles. The maximum Gasteiger partial charge on any atom is 0.221 e. The molecule has 1 aromatic heterocycles. The van der Waals surface area contributed by atoms with Gasteiger partial charge in [0.15, 0.2) is 0 Å². The molecule has 2 N–H and O–H groups in total. The molecule has 94 valence electrons. The van der Waals surface area contributed by atoms with Crippen molar-refractivity contribution in [3.63, 3.8) is 0 Å². The lowest BCUT2D eigenvalue weighted by Crippen LogP contribution is -1.97. The summed E-state index contributed by atoms with van der Waals surface area (Å²) >= 11 is 0. The Balaban J connectivity index is 2.11. The van der Waals surface area contributed by atoms with Gasteiger partial charge in [0.2, 0.25) is 5.95 Å². The van der Waals surface area contributed by atoms with Crippen LogP contribution in [0.1, 0.15) is 16.8 Å². The predicted octanol–water partition coefficient (Wildman–Crippen LogP) is 1.80. The van der Waals surface area contributed by atoms with Crippen molar-refractivity contribution in [1.29, 1.82) is 0 Å². The normalized spacial score (nSPS) is 11.2. The number of benzene rings is 1. The van der Waals surface area contributed by atoms with E-state index in [1.54, 1.807) is 24.2 Å². The number of aromatic nitrogens is 2. The highest BCUT2D eigenvalue weighted by molar-refractivity contribution is 5.79. The minimum atomic E-state index is 0.389. The zero-order chi connectivity index (χ0) is 13.0. The molecule has 0 fully saturated rings. The van der Waals surface area contributed by atoms with Crippen LogP contribution in [0.5, 0.6) is 0 Å². The second-order valence-corrected chi connectivity index (χ2v) is 4.00. The molecule has 0 saturated carbocycles. The third kappa shape index (κ3) is 2.95. The van der Waals surface area contributed by atoms with Crippen molar-refractivity contribution in [3.05, 3.63) is 47.3 Å². The molecule has 5 nitrogen and oxygen atoms in total. The number of hydrogen-bond donors (Lipinski definition) is 1. The standard InChI is InChI=1S/C13H16N4O/c1-10-8-17(13(14)16-10)15-7-11-3-5-12(6-4-11)9-18-2/h3-8H,9H2,1-2H3,(H2,14,16). The van der Waals surface area contributed by atoms with Gasteiger partial charge in [0.1, 0.15) is 0 Å². The average Bonchev–Trinajstić information content (AvgIpc) is 2.67. The van der Waals surface area contributed by atoms with Gasteiger partial charge in [0.05, 0.1) is 24.7 Å². The molecule has 0 amide bonds. The number of hydrogen-bond acceptors (Lipinski definition) is 4. The van der Waals surface area contributed by atoms with E-state index in [1.807, 2.05) is 31.2 Å². The van der Waals surface area contributed by atoms with Crippen molar-refractivity contribution in [1.82, 2.24) is 9.66 Å². The summed E-state index contributed by atoms with van der Waals surface area (Å²) in [6.07, 6.45) is 3.53. The van der Waals surface area contributed by atoms with Gasteiger partial charge in [-0.3, -0.25) is 0 Å². The summed E-state index contributed by atoms with van der Waals surface area (Å²) in [5.74, 6) is 0.389. The van der Waals surface area contributed by atoms with E-state index in [0.717, 1.165) is 16.8 Å². The van der Waals surface area contributed by atoms with Gasteiger partial charge >= 0.3 is 0 Å². The number of ether oxygens (including phenoxy) is 1. The summed E-state index contributed by atoms with van der Waals surface area (Å²) in [4.78, 5) is 4.07. The Morgan fingerprint density at radius 2 is 2.11 bits per heavy atom. The molecular formula is C13H16N4O. The first kappa shape index (κ1) is 12.3. The lowest BCUT2D eigenvalue weighted by Gasteiger charge is -1.99. The van der Waals surface area contributed by atoms with Crippen molar-refractivity contribution in [2.45, 2.75) is 13.5 Å². The van der Waals surface area contributed by atoms with E-state index in [1.165, 1.54) is 0 Å². The molecule has 1 heterocycles. The van der Waals surface area contributed by atoms with Gasteiger partial charge in [-0.2, -0.15) is 5.10 Å². The van der Waals surface area contributed by atoms with E-state index in [4.69, 9.17) is 10.5 Å². The largest absolute Gasteiger partial charge is 0.380 e. The first-order chi connectivity index (χ1) is 8.69. The molecule has 0 radical (unpaired) electrons. The first-order valence-corrected chi connectivity index (χ1v) is 5.63. The van der Waals surface area contributed by atoms with Gasteiger partial charge in [-0.1, -0.05) is 24.3 Å². The first-order valence-electron chi connectivity index (χ1n) is 5.63. The van der Waals surface area contributed by atoms with Crippen LogP contribution < -0.4 is 5.73 Å². The Hall–Kier alpha value is -2.14. The summed E-state index contributed by atoms with van der Waals surface area (Å²) in [7, 11) is 1.68. The predicted molar refractivity (Wildman–Crippen MR) is 71.5 cm³/mol. The third-order valence-corrected chi connectivity index (χ3v) is 2.46. The zero-order valence-corrected chi connectivity index (χ0v) is 10.5. The molecule has 5 heteroatoms. The highest BCUT2D eigenvalue weighted by atomic mass is 16.5. The Morgan fingerprint density at radius 1 is 1.39 bits per heavy atom. The van der Waals surface area contributed by atoms with Crippen LogP contribution in [-0.4, -0.2) is 23.0 Å². The molecule has 2 aromatic rings. The number of methoxy groups -OCH3 is 1. The van der Waals surface area contributed by atoms with Gasteiger partial charge in [0, 0.05) is 7.11 Å². The monoisotopic (exact) mass is 244 g/mol. The fourth-order valence-electron chi connectivity index (χ4n) is 1.59. The Labute approximate surface area is 106 Å². The fraction of sp³-hybridized carbons (Fsp3) is 0.231. The number of nitrogens with two attached hydrogens (primary N) is 1. The molecule has 0 atom stereocenters. The Kier molecular flexibility index (Phi) is 3.74. The summed E-state index contributed by atoms with van der Waals surface area (Å²) < 4.78 is 6.61. The minimum absolute atomic E-state index is 0.389. The van der Waals surface area contributed by atoms with Crippen molar-refractivity contribution in [2.24, 2.45) is 5.10 Å². The van der Waals surface area contributed by atoms with E-state index in [-0.39, 0.29) is 0 Å². The maximum atomic E-state index is 5.69. The van der Waals surface area contributed by atoms with Crippen LogP contribution in [0, 0.1) is 6.92 Å². The number of imidazole rings is 1. The molecule has 0 bridgehead atoms. The zero-order valence-electron chi connectivity index (χ0n) is 10.5. The second-order valence-electron chi connectivity index (χ2n) is 4.00. The van der Waals surface area contributed by atoms with Crippen LogP contribution in [0.2, 0.25) is 0 Å². The molecule has 0 unspecified atom stereocenters. The fourth-order valence-corrected chi connectivity index (χ4v) is 1.59. The lowest BCUT2D eigenvalue weighted by molar-refractivity contribution is 0.185. The molecule has 0 aliphatic rings. The second kappa shape index (κ2) is 5.46. The lowest BCUT2D eigenvalue weighted by atomic mass is 10.1. The van der Waals surface area contributed by atoms with E-state index < -0.39 is 0 Å². The summed E-state index contributed by atoms with van der Waals surface area (Å²) in [5.41, 5.74) is 8.67. The van der Waals surface area contributed by atoms with Crippen molar-refractivity contribution < 1.29 is 4.74 Å². The van der Waals surface area contributed by atoms with Gasteiger partial charge in [0.25, 0.3) is 0 Å². The molecule has 0 spiro atoms. The van der Waals surface area contributed by atoms with Crippen LogP contribution in [0.25, 0.3) is 0 Å². The quantitative estimate of drug-likeness (QED) is 0.834. The molecular weight excluding hydrogens is 228 g/mol. The molecule has 18 heavy (non-hydrogen) atoms. The summed E-state index contributed by atoms with van der Waals surface area (Å²) in [6.45, 7) is 2.49. The summed E-state index contributed by atoms with van der Waals surface area (Å²) in [5, 5.41) is 4.25. The number of nitrogens with zero attached hydrogens (tertiary/aromatic N) is 3. The smallest absolute Gasteiger partial charge is 0.221 e. The number of nitrogen functional groups attached to an aromatic ring is 1. The highest BCUT2D eigenvalue weighted by Crippen LogP contribution is 2.06. The van der Waals surface area contributed by atoms with Gasteiger partial charge < -0.3 is 10.5 Å². The van der Waals surface area contributed by atoms with Crippen LogP contribution in [0.3, 0.4) is 0 Å². The maximum absolute atomic E-state index is 5.69. The molecule has 1 aromatic carbocycles. The molecule has 2 rings (SSSR count). The SMILES string of the molecule is COCc1ccc(C=Nn2cc(C)nc2N)cc1. The van der Waals surface area contributed by atoms with Crippen molar-refractivity contribution in [2.75, 3.05) is 12.8 Å². The topological polar surface area (TPSA) is 65.4 Å². The number of rotatable bonds is 4. The van der Waals surface area contributed by atoms with Gasteiger partial charge in [-0.05, 0) is 18.1 Å². The van der Waals surface area contributed by atoms with Crippen molar-refractivity contribution >= 4 is 12.2 Å². The van der Waals surface area contributed by atoms with Crippen LogP contribution in [0.15, 0.2) is 35.6 Å². The van der Waals surface area contributed by atoms with Gasteiger partial charge in [-0.25, -0.2) is 9.66 Å². The molecule has 0 saturated heterocycles. The average molecular weight is 244 g/mol. The minimum Gasteiger partial charge on any atom is -0.380 e. The van der Waals surface area contributed by atoms with Crippen LogP contribution in [0.4, 0.5) is 5.95 Å². The Bertz CT molecular complexity index is 543.